The van der Waals surface area contributed by atoms with Crippen molar-refractivity contribution in [3.05, 3.63) is 59.7 Å². The minimum absolute atomic E-state index is 0.0762. The molecule has 0 heterocycles. The van der Waals surface area contributed by atoms with E-state index in [0.717, 1.165) is 42.6 Å². The maximum absolute atomic E-state index is 12.2. The molecule has 162 valence electrons. The van der Waals surface area contributed by atoms with Gasteiger partial charge in [0.05, 0.1) is 12.5 Å². The van der Waals surface area contributed by atoms with Gasteiger partial charge in [0.15, 0.2) is 0 Å². The molecule has 3 rings (SSSR count). The first-order chi connectivity index (χ1) is 15.1. The number of carbonyl (C=O) groups is 2. The fraction of sp³-hybridized carbons (Fsp3) is 0.400. The van der Waals surface area contributed by atoms with Gasteiger partial charge >= 0.3 is 0 Å². The third-order valence-corrected chi connectivity index (χ3v) is 5.45. The number of carbonyl (C=O) groups excluding carboxylic acids is 2. The fourth-order valence-corrected chi connectivity index (χ4v) is 3.73. The second kappa shape index (κ2) is 11.8. The third kappa shape index (κ3) is 7.45. The zero-order valence-corrected chi connectivity index (χ0v) is 17.7. The van der Waals surface area contributed by atoms with E-state index in [2.05, 4.69) is 16.7 Å². The molecule has 2 amide bonds. The molecule has 0 atom stereocenters. The standard InChI is InChI=1S/C25H29N3O3/c26-15-13-19-9-11-23(12-10-19)31-18-20-5-4-8-22(17-20)28-24(29)14-16-27-25(30)21-6-2-1-3-7-21/h4-5,8-12,17,21H,1-3,6-7,13-14,16,18H2,(H,27,30)(H,28,29). The molecule has 6 nitrogen and oxygen atoms in total. The molecular weight excluding hydrogens is 390 g/mol. The molecule has 1 fully saturated rings. The molecule has 1 saturated carbocycles. The molecule has 0 spiro atoms. The van der Waals surface area contributed by atoms with Crippen LogP contribution in [0, 0.1) is 17.2 Å². The maximum Gasteiger partial charge on any atom is 0.226 e. The van der Waals surface area contributed by atoms with Gasteiger partial charge in [-0.1, -0.05) is 43.5 Å². The van der Waals surface area contributed by atoms with E-state index >= 15 is 0 Å². The number of nitrogens with one attached hydrogen (secondary N) is 2. The van der Waals surface area contributed by atoms with Gasteiger partial charge in [0, 0.05) is 24.6 Å². The highest BCUT2D eigenvalue weighted by Gasteiger charge is 2.20. The molecule has 0 radical (unpaired) electrons. The van der Waals surface area contributed by atoms with Gasteiger partial charge in [-0.2, -0.15) is 5.26 Å². The second-order valence-electron chi connectivity index (χ2n) is 7.89. The first-order valence-electron chi connectivity index (χ1n) is 10.9. The average Bonchev–Trinajstić information content (AvgIpc) is 2.79. The highest BCUT2D eigenvalue weighted by Crippen LogP contribution is 2.23. The van der Waals surface area contributed by atoms with Crippen LogP contribution in [-0.2, 0) is 22.6 Å². The molecule has 0 aromatic heterocycles. The molecular formula is C25H29N3O3. The van der Waals surface area contributed by atoms with Crippen molar-refractivity contribution in [3.63, 3.8) is 0 Å². The Morgan fingerprint density at radius 3 is 2.55 bits per heavy atom. The molecule has 0 bridgehead atoms. The monoisotopic (exact) mass is 419 g/mol. The fourth-order valence-electron chi connectivity index (χ4n) is 3.73. The van der Waals surface area contributed by atoms with E-state index < -0.39 is 0 Å². The Morgan fingerprint density at radius 1 is 1.03 bits per heavy atom. The molecule has 0 saturated heterocycles. The third-order valence-electron chi connectivity index (χ3n) is 5.45. The molecule has 2 N–H and O–H groups in total. The van der Waals surface area contributed by atoms with E-state index in [-0.39, 0.29) is 24.2 Å². The van der Waals surface area contributed by atoms with Crippen molar-refractivity contribution in [2.45, 2.75) is 51.6 Å². The number of nitriles is 1. The van der Waals surface area contributed by atoms with E-state index in [1.165, 1.54) is 6.42 Å². The van der Waals surface area contributed by atoms with Crippen LogP contribution < -0.4 is 15.4 Å². The van der Waals surface area contributed by atoms with Crippen LogP contribution in [0.15, 0.2) is 48.5 Å². The molecule has 0 unspecified atom stereocenters. The normalized spacial score (nSPS) is 13.8. The summed E-state index contributed by atoms with van der Waals surface area (Å²) in [6.45, 7) is 0.727. The van der Waals surface area contributed by atoms with Crippen LogP contribution in [0.25, 0.3) is 0 Å². The molecule has 1 aliphatic rings. The van der Waals surface area contributed by atoms with Gasteiger partial charge in [-0.05, 0) is 48.2 Å². The summed E-state index contributed by atoms with van der Waals surface area (Å²) in [6, 6.07) is 17.1. The van der Waals surface area contributed by atoms with Gasteiger partial charge in [0.2, 0.25) is 11.8 Å². The van der Waals surface area contributed by atoms with Gasteiger partial charge in [-0.3, -0.25) is 9.59 Å². The van der Waals surface area contributed by atoms with Crippen molar-refractivity contribution in [3.8, 4) is 11.8 Å². The molecule has 2 aromatic rings. The zero-order valence-electron chi connectivity index (χ0n) is 17.7. The van der Waals surface area contributed by atoms with Gasteiger partial charge in [0.1, 0.15) is 12.4 Å². The Morgan fingerprint density at radius 2 is 1.81 bits per heavy atom. The lowest BCUT2D eigenvalue weighted by Gasteiger charge is -2.20. The summed E-state index contributed by atoms with van der Waals surface area (Å²) in [4.78, 5) is 24.4. The minimum atomic E-state index is -0.130. The predicted molar refractivity (Wildman–Crippen MR) is 119 cm³/mol. The van der Waals surface area contributed by atoms with Crippen LogP contribution in [0.2, 0.25) is 0 Å². The van der Waals surface area contributed by atoms with Crippen molar-refractivity contribution in [2.24, 2.45) is 5.92 Å². The van der Waals surface area contributed by atoms with E-state index in [1.54, 1.807) is 0 Å². The lowest BCUT2D eigenvalue weighted by atomic mass is 9.89. The van der Waals surface area contributed by atoms with Gasteiger partial charge in [-0.25, -0.2) is 0 Å². The Kier molecular flexibility index (Phi) is 8.48. The van der Waals surface area contributed by atoms with E-state index in [1.807, 2.05) is 48.5 Å². The van der Waals surface area contributed by atoms with E-state index in [9.17, 15) is 9.59 Å². The average molecular weight is 420 g/mol. The number of amides is 2. The molecule has 1 aliphatic carbocycles. The van der Waals surface area contributed by atoms with Gasteiger partial charge < -0.3 is 15.4 Å². The topological polar surface area (TPSA) is 91.2 Å². The quantitative estimate of drug-likeness (QED) is 0.632. The van der Waals surface area contributed by atoms with Crippen LogP contribution in [-0.4, -0.2) is 18.4 Å². The lowest BCUT2D eigenvalue weighted by molar-refractivity contribution is -0.126. The van der Waals surface area contributed by atoms with Crippen LogP contribution in [0.5, 0.6) is 5.75 Å². The number of ether oxygens (including phenoxy) is 1. The molecule has 0 aliphatic heterocycles. The highest BCUT2D eigenvalue weighted by molar-refractivity contribution is 5.91. The van der Waals surface area contributed by atoms with Crippen molar-refractivity contribution < 1.29 is 14.3 Å². The van der Waals surface area contributed by atoms with Crippen LogP contribution in [0.4, 0.5) is 5.69 Å². The summed E-state index contributed by atoms with van der Waals surface area (Å²) in [6.07, 6.45) is 5.98. The van der Waals surface area contributed by atoms with Crippen molar-refractivity contribution in [1.29, 1.82) is 5.26 Å². The number of rotatable bonds is 9. The zero-order chi connectivity index (χ0) is 21.9. The van der Waals surface area contributed by atoms with Gasteiger partial charge in [-0.15, -0.1) is 0 Å². The largest absolute Gasteiger partial charge is 0.489 e. The molecule has 6 heteroatoms. The van der Waals surface area contributed by atoms with Crippen LogP contribution >= 0.6 is 0 Å². The van der Waals surface area contributed by atoms with Crippen molar-refractivity contribution in [1.82, 2.24) is 5.32 Å². The Labute approximate surface area is 183 Å². The Balaban J connectivity index is 1.41. The van der Waals surface area contributed by atoms with E-state index in [4.69, 9.17) is 10.00 Å². The predicted octanol–water partition coefficient (Wildman–Crippen LogP) is 4.36. The number of hydrogen-bond acceptors (Lipinski definition) is 4. The van der Waals surface area contributed by atoms with Crippen molar-refractivity contribution in [2.75, 3.05) is 11.9 Å². The van der Waals surface area contributed by atoms with Gasteiger partial charge in [0.25, 0.3) is 0 Å². The van der Waals surface area contributed by atoms with Crippen molar-refractivity contribution >= 4 is 17.5 Å². The second-order valence-corrected chi connectivity index (χ2v) is 7.89. The van der Waals surface area contributed by atoms with Crippen LogP contribution in [0.1, 0.15) is 49.7 Å². The highest BCUT2D eigenvalue weighted by atomic mass is 16.5. The lowest BCUT2D eigenvalue weighted by Crippen LogP contribution is -2.34. The Bertz CT molecular complexity index is 912. The first-order valence-corrected chi connectivity index (χ1v) is 10.9. The number of benzene rings is 2. The minimum Gasteiger partial charge on any atom is -0.489 e. The van der Waals surface area contributed by atoms with Crippen LogP contribution in [0.3, 0.4) is 0 Å². The number of anilines is 1. The number of nitrogens with zero attached hydrogens (tertiary/aromatic N) is 1. The summed E-state index contributed by atoms with van der Waals surface area (Å²) in [7, 11) is 0. The summed E-state index contributed by atoms with van der Waals surface area (Å²) >= 11 is 0. The SMILES string of the molecule is N#CCc1ccc(OCc2cccc(NC(=O)CCNC(=O)C3CCCCC3)c2)cc1. The Hall–Kier alpha value is -3.33. The summed E-state index contributed by atoms with van der Waals surface area (Å²) in [5, 5.41) is 14.5. The summed E-state index contributed by atoms with van der Waals surface area (Å²) in [5.74, 6) is 0.781. The molecule has 31 heavy (non-hydrogen) atoms. The summed E-state index contributed by atoms with van der Waals surface area (Å²) in [5.41, 5.74) is 2.59. The number of hydrogen-bond donors (Lipinski definition) is 2. The summed E-state index contributed by atoms with van der Waals surface area (Å²) < 4.78 is 5.79. The first kappa shape index (κ1) is 22.4. The smallest absolute Gasteiger partial charge is 0.226 e. The molecule has 2 aromatic carbocycles. The van der Waals surface area contributed by atoms with E-state index in [0.29, 0.717) is 25.3 Å². The maximum atomic E-state index is 12.2.